The van der Waals surface area contributed by atoms with Gasteiger partial charge in [-0.15, -0.1) is 0 Å². The van der Waals surface area contributed by atoms with E-state index in [0.29, 0.717) is 5.82 Å². The molecule has 1 aromatic heterocycles. The molecule has 1 fully saturated rings. The molecular weight excluding hydrogens is 250 g/mol. The summed E-state index contributed by atoms with van der Waals surface area (Å²) in [4.78, 5) is 6.77. The third kappa shape index (κ3) is 2.95. The van der Waals surface area contributed by atoms with E-state index < -0.39 is 0 Å². The van der Waals surface area contributed by atoms with Crippen LogP contribution in [0, 0.1) is 6.92 Å². The summed E-state index contributed by atoms with van der Waals surface area (Å²) in [6, 6.07) is 2.05. The Hall–Kier alpha value is -1.17. The molecule has 0 aliphatic carbocycles. The number of hydrogen-bond donors (Lipinski definition) is 3. The SMILES string of the molecule is Cc1cnc(N)c(C(NN)C(C)(C)N2CCCCC2)c1. The van der Waals surface area contributed by atoms with Gasteiger partial charge in [0.05, 0.1) is 6.04 Å². The number of nitrogen functional groups attached to an aromatic ring is 1. The van der Waals surface area contributed by atoms with E-state index in [2.05, 4.69) is 35.2 Å². The maximum atomic E-state index is 6.07. The Morgan fingerprint density at radius 1 is 1.30 bits per heavy atom. The van der Waals surface area contributed by atoms with Gasteiger partial charge >= 0.3 is 0 Å². The third-order valence-electron chi connectivity index (χ3n) is 4.44. The molecule has 5 heteroatoms. The van der Waals surface area contributed by atoms with Crippen LogP contribution in [0.1, 0.15) is 50.3 Å². The minimum absolute atomic E-state index is 0.0343. The lowest BCUT2D eigenvalue weighted by molar-refractivity contribution is 0.0609. The van der Waals surface area contributed by atoms with E-state index in [9.17, 15) is 0 Å². The number of hydrazine groups is 1. The Morgan fingerprint density at radius 3 is 2.55 bits per heavy atom. The van der Waals surface area contributed by atoms with Gasteiger partial charge in [0.15, 0.2) is 0 Å². The number of nitrogens with zero attached hydrogens (tertiary/aromatic N) is 2. The molecule has 1 saturated heterocycles. The van der Waals surface area contributed by atoms with Crippen LogP contribution in [0.15, 0.2) is 12.3 Å². The molecule has 20 heavy (non-hydrogen) atoms. The second-order valence-corrected chi connectivity index (χ2v) is 6.29. The van der Waals surface area contributed by atoms with Gasteiger partial charge in [0.1, 0.15) is 5.82 Å². The summed E-state index contributed by atoms with van der Waals surface area (Å²) in [7, 11) is 0. The highest BCUT2D eigenvalue weighted by Crippen LogP contribution is 2.34. The van der Waals surface area contributed by atoms with Crippen molar-refractivity contribution in [3.8, 4) is 0 Å². The first-order chi connectivity index (χ1) is 9.46. The smallest absolute Gasteiger partial charge is 0.128 e. The van der Waals surface area contributed by atoms with E-state index in [4.69, 9.17) is 11.6 Å². The number of hydrogen-bond acceptors (Lipinski definition) is 5. The Bertz CT molecular complexity index is 452. The van der Waals surface area contributed by atoms with Crippen LogP contribution in [0.2, 0.25) is 0 Å². The first-order valence-corrected chi connectivity index (χ1v) is 7.40. The Morgan fingerprint density at radius 2 is 1.95 bits per heavy atom. The minimum Gasteiger partial charge on any atom is -0.383 e. The van der Waals surface area contributed by atoms with Crippen LogP contribution in [0.5, 0.6) is 0 Å². The zero-order valence-electron chi connectivity index (χ0n) is 12.8. The van der Waals surface area contributed by atoms with Crippen LogP contribution in [0.4, 0.5) is 5.82 Å². The normalized spacial score (nSPS) is 19.0. The standard InChI is InChI=1S/C15H27N5/c1-11-9-12(14(16)18-10-11)13(19-17)15(2,3)20-7-5-4-6-8-20/h9-10,13,19H,4-8,17H2,1-3H3,(H2,16,18). The number of nitrogens with one attached hydrogen (secondary N) is 1. The third-order valence-corrected chi connectivity index (χ3v) is 4.44. The molecule has 5 N–H and O–H groups in total. The summed E-state index contributed by atoms with van der Waals surface area (Å²) in [6.45, 7) is 8.71. The molecule has 1 aliphatic heterocycles. The quantitative estimate of drug-likeness (QED) is 0.577. The van der Waals surface area contributed by atoms with E-state index in [0.717, 1.165) is 24.2 Å². The second kappa shape index (κ2) is 6.08. The predicted molar refractivity (Wildman–Crippen MR) is 83.0 cm³/mol. The molecule has 2 rings (SSSR count). The van der Waals surface area contributed by atoms with Gasteiger partial charge < -0.3 is 5.73 Å². The molecule has 0 bridgehead atoms. The van der Waals surface area contributed by atoms with Crippen molar-refractivity contribution in [1.82, 2.24) is 15.3 Å². The lowest BCUT2D eigenvalue weighted by atomic mass is 9.85. The number of anilines is 1. The van der Waals surface area contributed by atoms with Crippen LogP contribution < -0.4 is 17.0 Å². The van der Waals surface area contributed by atoms with Gasteiger partial charge in [0, 0.05) is 17.3 Å². The first-order valence-electron chi connectivity index (χ1n) is 7.40. The van der Waals surface area contributed by atoms with Crippen molar-refractivity contribution in [2.24, 2.45) is 5.84 Å². The zero-order valence-corrected chi connectivity index (χ0v) is 12.8. The average molecular weight is 277 g/mol. The molecule has 112 valence electrons. The number of pyridine rings is 1. The van der Waals surface area contributed by atoms with Gasteiger partial charge in [-0.2, -0.15) is 0 Å². The van der Waals surface area contributed by atoms with Crippen molar-refractivity contribution in [2.75, 3.05) is 18.8 Å². The molecule has 1 aliphatic rings. The second-order valence-electron chi connectivity index (χ2n) is 6.29. The molecule has 1 unspecified atom stereocenters. The van der Waals surface area contributed by atoms with Gasteiger partial charge in [0.25, 0.3) is 0 Å². The van der Waals surface area contributed by atoms with Gasteiger partial charge in [0.2, 0.25) is 0 Å². The fraction of sp³-hybridized carbons (Fsp3) is 0.667. The van der Waals surface area contributed by atoms with E-state index >= 15 is 0 Å². The minimum atomic E-state index is -0.0984. The molecule has 0 aromatic carbocycles. The predicted octanol–water partition coefficient (Wildman–Crippen LogP) is 1.74. The molecule has 0 amide bonds. The van der Waals surface area contributed by atoms with E-state index in [1.54, 1.807) is 6.20 Å². The van der Waals surface area contributed by atoms with Crippen molar-refractivity contribution >= 4 is 5.82 Å². The summed E-state index contributed by atoms with van der Waals surface area (Å²) < 4.78 is 0. The Labute approximate surface area is 121 Å². The summed E-state index contributed by atoms with van der Waals surface area (Å²) in [5.41, 5.74) is 11.0. The fourth-order valence-corrected chi connectivity index (χ4v) is 3.16. The monoisotopic (exact) mass is 277 g/mol. The Kier molecular flexibility index (Phi) is 4.62. The summed E-state index contributed by atoms with van der Waals surface area (Å²) in [6.07, 6.45) is 5.62. The lowest BCUT2D eigenvalue weighted by Gasteiger charge is -2.46. The fourth-order valence-electron chi connectivity index (χ4n) is 3.16. The molecular formula is C15H27N5. The van der Waals surface area contributed by atoms with Crippen molar-refractivity contribution in [3.63, 3.8) is 0 Å². The summed E-state index contributed by atoms with van der Waals surface area (Å²) in [5, 5.41) is 0. The van der Waals surface area contributed by atoms with Crippen LogP contribution in [-0.2, 0) is 0 Å². The van der Waals surface area contributed by atoms with Gasteiger partial charge in [-0.3, -0.25) is 16.2 Å². The van der Waals surface area contributed by atoms with E-state index in [1.807, 2.05) is 6.92 Å². The molecule has 1 atom stereocenters. The van der Waals surface area contributed by atoms with Crippen LogP contribution in [-0.4, -0.2) is 28.5 Å². The number of aryl methyl sites for hydroxylation is 1. The maximum Gasteiger partial charge on any atom is 0.128 e. The summed E-state index contributed by atoms with van der Waals surface area (Å²) >= 11 is 0. The highest BCUT2D eigenvalue weighted by molar-refractivity contribution is 5.44. The number of nitrogens with two attached hydrogens (primary N) is 2. The molecule has 0 spiro atoms. The van der Waals surface area contributed by atoms with E-state index in [-0.39, 0.29) is 11.6 Å². The largest absolute Gasteiger partial charge is 0.383 e. The Balaban J connectivity index is 2.32. The van der Waals surface area contributed by atoms with Gasteiger partial charge in [-0.05, 0) is 58.3 Å². The van der Waals surface area contributed by atoms with Gasteiger partial charge in [-0.1, -0.05) is 6.42 Å². The number of rotatable bonds is 4. The highest BCUT2D eigenvalue weighted by Gasteiger charge is 2.37. The summed E-state index contributed by atoms with van der Waals surface area (Å²) in [5.74, 6) is 6.42. The van der Waals surface area contributed by atoms with Crippen LogP contribution in [0.3, 0.4) is 0 Å². The van der Waals surface area contributed by atoms with Crippen molar-refractivity contribution < 1.29 is 0 Å². The number of piperidine rings is 1. The lowest BCUT2D eigenvalue weighted by Crippen LogP contribution is -2.55. The number of likely N-dealkylation sites (tertiary alicyclic amines) is 1. The molecule has 2 heterocycles. The first kappa shape index (κ1) is 15.2. The highest BCUT2D eigenvalue weighted by atomic mass is 15.3. The van der Waals surface area contributed by atoms with Crippen molar-refractivity contribution in [1.29, 1.82) is 0 Å². The zero-order chi connectivity index (χ0) is 14.8. The van der Waals surface area contributed by atoms with Crippen LogP contribution in [0.25, 0.3) is 0 Å². The van der Waals surface area contributed by atoms with Crippen molar-refractivity contribution in [2.45, 2.75) is 51.6 Å². The van der Waals surface area contributed by atoms with E-state index in [1.165, 1.54) is 19.3 Å². The van der Waals surface area contributed by atoms with Gasteiger partial charge in [-0.25, -0.2) is 4.98 Å². The average Bonchev–Trinajstić information content (AvgIpc) is 2.44. The number of aromatic nitrogens is 1. The maximum absolute atomic E-state index is 6.07. The molecule has 0 radical (unpaired) electrons. The topological polar surface area (TPSA) is 80.2 Å². The molecule has 5 nitrogen and oxygen atoms in total. The van der Waals surface area contributed by atoms with Crippen LogP contribution >= 0.6 is 0 Å². The molecule has 1 aromatic rings. The van der Waals surface area contributed by atoms with Crippen molar-refractivity contribution in [3.05, 3.63) is 23.4 Å². The molecule has 0 saturated carbocycles.